The molecule has 1 aliphatic heterocycles. The normalized spacial score (nSPS) is 15.6. The highest BCUT2D eigenvalue weighted by atomic mass is 32.2. The summed E-state index contributed by atoms with van der Waals surface area (Å²) < 4.78 is 10.5. The first-order valence-electron chi connectivity index (χ1n) is 8.15. The molecule has 0 aromatic heterocycles. The molecule has 1 atom stereocenters. The Bertz CT molecular complexity index is 825. The average Bonchev–Trinajstić information content (AvgIpc) is 2.66. The fraction of sp³-hybridized carbons (Fsp3) is 0.263. The van der Waals surface area contributed by atoms with Gasteiger partial charge >= 0.3 is 0 Å². The standard InChI is InChI=1S/C19H20N2O4S/c1-24-13-8-7-12(15(9-13)25-2)11-20-18(22)10-17-19(23)21-14-5-3-4-6-16(14)26-17/h3-9,17H,10-11H2,1-2H3,(H,20,22)(H,21,23). The second-order valence-electron chi connectivity index (χ2n) is 5.75. The molecular formula is C19H20N2O4S. The van der Waals surface area contributed by atoms with Gasteiger partial charge < -0.3 is 20.1 Å². The van der Waals surface area contributed by atoms with Gasteiger partial charge in [-0.25, -0.2) is 0 Å². The van der Waals surface area contributed by atoms with Gasteiger partial charge in [0.25, 0.3) is 0 Å². The molecule has 0 fully saturated rings. The molecule has 26 heavy (non-hydrogen) atoms. The second kappa shape index (κ2) is 8.14. The Morgan fingerprint density at radius 3 is 2.77 bits per heavy atom. The molecule has 0 spiro atoms. The van der Waals surface area contributed by atoms with E-state index in [1.165, 1.54) is 11.8 Å². The number of carbonyl (C=O) groups is 2. The Kier molecular flexibility index (Phi) is 5.68. The number of thioether (sulfide) groups is 1. The molecule has 6 nitrogen and oxygen atoms in total. The van der Waals surface area contributed by atoms with Crippen molar-refractivity contribution in [2.45, 2.75) is 23.1 Å². The summed E-state index contributed by atoms with van der Waals surface area (Å²) >= 11 is 1.41. The second-order valence-corrected chi connectivity index (χ2v) is 7.00. The number of nitrogens with one attached hydrogen (secondary N) is 2. The zero-order valence-corrected chi connectivity index (χ0v) is 15.4. The predicted molar refractivity (Wildman–Crippen MR) is 101 cm³/mol. The number of benzene rings is 2. The number of carbonyl (C=O) groups excluding carboxylic acids is 2. The van der Waals surface area contributed by atoms with E-state index < -0.39 is 5.25 Å². The summed E-state index contributed by atoms with van der Waals surface area (Å²) in [5.41, 5.74) is 1.63. The third-order valence-electron chi connectivity index (χ3n) is 4.05. The van der Waals surface area contributed by atoms with Crippen molar-refractivity contribution in [2.75, 3.05) is 19.5 Å². The van der Waals surface area contributed by atoms with Gasteiger partial charge in [0.05, 0.1) is 25.2 Å². The van der Waals surface area contributed by atoms with Crippen molar-refractivity contribution in [1.29, 1.82) is 0 Å². The molecular weight excluding hydrogens is 352 g/mol. The van der Waals surface area contributed by atoms with E-state index in [4.69, 9.17) is 9.47 Å². The molecule has 1 aliphatic rings. The summed E-state index contributed by atoms with van der Waals surface area (Å²) in [4.78, 5) is 25.5. The molecule has 136 valence electrons. The van der Waals surface area contributed by atoms with E-state index in [1.54, 1.807) is 20.3 Å². The zero-order chi connectivity index (χ0) is 18.5. The van der Waals surface area contributed by atoms with Gasteiger partial charge in [0.1, 0.15) is 11.5 Å². The lowest BCUT2D eigenvalue weighted by Crippen LogP contribution is -2.34. The van der Waals surface area contributed by atoms with Gasteiger partial charge in [-0.3, -0.25) is 9.59 Å². The molecule has 0 saturated heterocycles. The third-order valence-corrected chi connectivity index (χ3v) is 5.32. The summed E-state index contributed by atoms with van der Waals surface area (Å²) in [6.07, 6.45) is 0.114. The number of amides is 2. The van der Waals surface area contributed by atoms with E-state index in [0.29, 0.717) is 18.0 Å². The molecule has 0 bridgehead atoms. The first kappa shape index (κ1) is 18.1. The molecule has 1 heterocycles. The van der Waals surface area contributed by atoms with Crippen LogP contribution in [0.15, 0.2) is 47.4 Å². The van der Waals surface area contributed by atoms with Crippen LogP contribution in [0.3, 0.4) is 0 Å². The van der Waals surface area contributed by atoms with Crippen LogP contribution in [0.1, 0.15) is 12.0 Å². The summed E-state index contributed by atoms with van der Waals surface area (Å²) in [6.45, 7) is 0.321. The van der Waals surface area contributed by atoms with Crippen LogP contribution in [-0.2, 0) is 16.1 Å². The van der Waals surface area contributed by atoms with Crippen LogP contribution in [0.4, 0.5) is 5.69 Å². The number of anilines is 1. The Balaban J connectivity index is 1.59. The predicted octanol–water partition coefficient (Wildman–Crippen LogP) is 2.82. The molecule has 2 amide bonds. The number of rotatable bonds is 6. The van der Waals surface area contributed by atoms with Crippen molar-refractivity contribution in [1.82, 2.24) is 5.32 Å². The first-order valence-corrected chi connectivity index (χ1v) is 9.03. The molecule has 7 heteroatoms. The van der Waals surface area contributed by atoms with Gasteiger partial charge in [-0.1, -0.05) is 12.1 Å². The largest absolute Gasteiger partial charge is 0.497 e. The Labute approximate surface area is 156 Å². The van der Waals surface area contributed by atoms with E-state index >= 15 is 0 Å². The molecule has 2 N–H and O–H groups in total. The summed E-state index contributed by atoms with van der Waals surface area (Å²) in [5.74, 6) is 0.995. The minimum absolute atomic E-state index is 0.114. The number of hydrogen-bond donors (Lipinski definition) is 2. The lowest BCUT2D eigenvalue weighted by atomic mass is 10.2. The van der Waals surface area contributed by atoms with Gasteiger partial charge in [-0.05, 0) is 24.3 Å². The van der Waals surface area contributed by atoms with E-state index in [0.717, 1.165) is 16.1 Å². The van der Waals surface area contributed by atoms with Crippen LogP contribution in [0.25, 0.3) is 0 Å². The van der Waals surface area contributed by atoms with Gasteiger partial charge in [-0.15, -0.1) is 11.8 Å². The summed E-state index contributed by atoms with van der Waals surface area (Å²) in [7, 11) is 3.15. The van der Waals surface area contributed by atoms with Crippen molar-refractivity contribution in [3.8, 4) is 11.5 Å². The Morgan fingerprint density at radius 2 is 2.00 bits per heavy atom. The van der Waals surface area contributed by atoms with Gasteiger partial charge in [0, 0.05) is 29.5 Å². The topological polar surface area (TPSA) is 76.7 Å². The highest BCUT2D eigenvalue weighted by molar-refractivity contribution is 8.01. The molecule has 2 aromatic rings. The van der Waals surface area contributed by atoms with Gasteiger partial charge in [0.15, 0.2) is 0 Å². The number of ether oxygens (including phenoxy) is 2. The van der Waals surface area contributed by atoms with Crippen molar-refractivity contribution in [3.05, 3.63) is 48.0 Å². The number of methoxy groups -OCH3 is 2. The lowest BCUT2D eigenvalue weighted by Gasteiger charge is -2.23. The number of hydrogen-bond acceptors (Lipinski definition) is 5. The van der Waals surface area contributed by atoms with Crippen molar-refractivity contribution >= 4 is 29.3 Å². The molecule has 3 rings (SSSR count). The smallest absolute Gasteiger partial charge is 0.238 e. The number of fused-ring (bicyclic) bond motifs is 1. The zero-order valence-electron chi connectivity index (χ0n) is 14.6. The first-order chi connectivity index (χ1) is 12.6. The van der Waals surface area contributed by atoms with Crippen LogP contribution >= 0.6 is 11.8 Å². The maximum absolute atomic E-state index is 12.3. The van der Waals surface area contributed by atoms with Gasteiger partial charge in [-0.2, -0.15) is 0 Å². The molecule has 0 radical (unpaired) electrons. The minimum atomic E-state index is -0.442. The summed E-state index contributed by atoms with van der Waals surface area (Å²) in [5, 5.41) is 5.25. The highest BCUT2D eigenvalue weighted by Crippen LogP contribution is 2.36. The van der Waals surface area contributed by atoms with Crippen molar-refractivity contribution in [2.24, 2.45) is 0 Å². The quantitative estimate of drug-likeness (QED) is 0.815. The Hall–Kier alpha value is -2.67. The van der Waals surface area contributed by atoms with Crippen molar-refractivity contribution in [3.63, 3.8) is 0 Å². The fourth-order valence-electron chi connectivity index (χ4n) is 2.66. The molecule has 0 saturated carbocycles. The van der Waals surface area contributed by atoms with E-state index in [-0.39, 0.29) is 18.2 Å². The van der Waals surface area contributed by atoms with Crippen LogP contribution < -0.4 is 20.1 Å². The van der Waals surface area contributed by atoms with Crippen molar-refractivity contribution < 1.29 is 19.1 Å². The van der Waals surface area contributed by atoms with E-state index in [2.05, 4.69) is 10.6 Å². The molecule has 1 unspecified atom stereocenters. The van der Waals surface area contributed by atoms with Crippen LogP contribution in [0.2, 0.25) is 0 Å². The summed E-state index contributed by atoms with van der Waals surface area (Å²) in [6, 6.07) is 13.0. The average molecular weight is 372 g/mol. The Morgan fingerprint density at radius 1 is 1.19 bits per heavy atom. The SMILES string of the molecule is COc1ccc(CNC(=O)CC2Sc3ccccc3NC2=O)c(OC)c1. The third kappa shape index (κ3) is 4.11. The molecule has 0 aliphatic carbocycles. The van der Waals surface area contributed by atoms with E-state index in [9.17, 15) is 9.59 Å². The fourth-order valence-corrected chi connectivity index (χ4v) is 3.77. The monoisotopic (exact) mass is 372 g/mol. The van der Waals surface area contributed by atoms with Crippen LogP contribution in [-0.4, -0.2) is 31.3 Å². The lowest BCUT2D eigenvalue weighted by molar-refractivity contribution is -0.124. The van der Waals surface area contributed by atoms with Gasteiger partial charge in [0.2, 0.25) is 11.8 Å². The highest BCUT2D eigenvalue weighted by Gasteiger charge is 2.28. The van der Waals surface area contributed by atoms with E-state index in [1.807, 2.05) is 36.4 Å². The maximum Gasteiger partial charge on any atom is 0.238 e. The number of para-hydroxylation sites is 1. The minimum Gasteiger partial charge on any atom is -0.497 e. The van der Waals surface area contributed by atoms with Crippen LogP contribution in [0.5, 0.6) is 11.5 Å². The molecule has 2 aromatic carbocycles. The maximum atomic E-state index is 12.3. The van der Waals surface area contributed by atoms with Crippen LogP contribution in [0, 0.1) is 0 Å².